The molecule has 1 unspecified atom stereocenters. The molecule has 3 N–H and O–H groups in total. The molecule has 0 radical (unpaired) electrons. The first-order valence-corrected chi connectivity index (χ1v) is 6.23. The van der Waals surface area contributed by atoms with E-state index >= 15 is 0 Å². The first kappa shape index (κ1) is 15.1. The maximum absolute atomic E-state index is 11.8. The van der Waals surface area contributed by atoms with E-state index in [0.29, 0.717) is 24.2 Å². The number of benzene rings is 1. The zero-order chi connectivity index (χ0) is 14.4. The molecule has 19 heavy (non-hydrogen) atoms. The molecule has 1 aromatic rings. The maximum atomic E-state index is 11.8. The molecule has 0 aliphatic carbocycles. The molecule has 1 rings (SSSR count). The van der Waals surface area contributed by atoms with Gasteiger partial charge in [-0.2, -0.15) is 0 Å². The van der Waals surface area contributed by atoms with E-state index in [2.05, 4.69) is 5.32 Å². The maximum Gasteiger partial charge on any atom is 0.274 e. The fourth-order valence-electron chi connectivity index (χ4n) is 1.81. The molecule has 0 saturated carbocycles. The first-order chi connectivity index (χ1) is 8.99. The van der Waals surface area contributed by atoms with E-state index in [1.54, 1.807) is 19.1 Å². The van der Waals surface area contributed by atoms with Gasteiger partial charge in [-0.1, -0.05) is 19.4 Å². The lowest BCUT2D eigenvalue weighted by molar-refractivity contribution is -0.385. The van der Waals surface area contributed by atoms with Crippen LogP contribution in [0.25, 0.3) is 0 Å². The Bertz CT molecular complexity index is 470. The van der Waals surface area contributed by atoms with Crippen molar-refractivity contribution in [2.45, 2.75) is 26.7 Å². The number of nitrogens with two attached hydrogens (primary N) is 1. The van der Waals surface area contributed by atoms with Crippen LogP contribution in [0.3, 0.4) is 0 Å². The number of hydrogen-bond acceptors (Lipinski definition) is 4. The lowest BCUT2D eigenvalue weighted by Crippen LogP contribution is -2.22. The van der Waals surface area contributed by atoms with Gasteiger partial charge < -0.3 is 11.1 Å². The molecule has 1 amide bonds. The van der Waals surface area contributed by atoms with E-state index in [4.69, 9.17) is 5.73 Å². The number of nitro groups is 1. The van der Waals surface area contributed by atoms with Crippen molar-refractivity contribution in [2.24, 2.45) is 11.7 Å². The van der Waals surface area contributed by atoms with Gasteiger partial charge in [0.1, 0.15) is 0 Å². The molecule has 0 aliphatic heterocycles. The molecule has 0 fully saturated rings. The fraction of sp³-hybridized carbons (Fsp3) is 0.462. The minimum Gasteiger partial charge on any atom is -0.330 e. The molecule has 6 nitrogen and oxygen atoms in total. The number of carbonyl (C=O) groups excluding carboxylic acids is 1. The molecule has 1 aromatic carbocycles. The molecule has 0 bridgehead atoms. The van der Waals surface area contributed by atoms with Crippen molar-refractivity contribution in [1.82, 2.24) is 0 Å². The second kappa shape index (κ2) is 6.84. The van der Waals surface area contributed by atoms with Gasteiger partial charge in [-0.15, -0.1) is 0 Å². The predicted molar refractivity (Wildman–Crippen MR) is 73.9 cm³/mol. The molecule has 0 aliphatic rings. The monoisotopic (exact) mass is 265 g/mol. The van der Waals surface area contributed by atoms with Gasteiger partial charge in [-0.05, 0) is 25.5 Å². The van der Waals surface area contributed by atoms with Crippen LogP contribution < -0.4 is 11.1 Å². The predicted octanol–water partition coefficient (Wildman–Crippen LogP) is 2.22. The number of nitro benzene ring substituents is 1. The molecule has 6 heteroatoms. The summed E-state index contributed by atoms with van der Waals surface area (Å²) in [4.78, 5) is 22.2. The third kappa shape index (κ3) is 4.03. The Labute approximate surface area is 112 Å². The summed E-state index contributed by atoms with van der Waals surface area (Å²) in [5, 5.41) is 13.5. The van der Waals surface area contributed by atoms with Crippen molar-refractivity contribution in [2.75, 3.05) is 11.9 Å². The summed E-state index contributed by atoms with van der Waals surface area (Å²) in [6.45, 7) is 4.05. The quantitative estimate of drug-likeness (QED) is 0.608. The Balaban J connectivity index is 2.80. The topological polar surface area (TPSA) is 98.3 Å². The van der Waals surface area contributed by atoms with Crippen molar-refractivity contribution < 1.29 is 9.72 Å². The lowest BCUT2D eigenvalue weighted by atomic mass is 10.0. The van der Waals surface area contributed by atoms with Gasteiger partial charge in [0, 0.05) is 12.5 Å². The van der Waals surface area contributed by atoms with Gasteiger partial charge in [0.25, 0.3) is 5.69 Å². The minimum atomic E-state index is -0.459. The Kier molecular flexibility index (Phi) is 5.44. The molecular weight excluding hydrogens is 246 g/mol. The summed E-state index contributed by atoms with van der Waals surface area (Å²) in [6, 6.07) is 4.63. The average Bonchev–Trinajstić information content (AvgIpc) is 2.38. The van der Waals surface area contributed by atoms with Crippen molar-refractivity contribution in [3.05, 3.63) is 33.9 Å². The molecule has 0 spiro atoms. The highest BCUT2D eigenvalue weighted by Gasteiger charge is 2.16. The summed E-state index contributed by atoms with van der Waals surface area (Å²) in [7, 11) is 0. The Morgan fingerprint density at radius 1 is 1.53 bits per heavy atom. The Morgan fingerprint density at radius 2 is 2.21 bits per heavy atom. The van der Waals surface area contributed by atoms with Crippen molar-refractivity contribution >= 4 is 17.3 Å². The van der Waals surface area contributed by atoms with Gasteiger partial charge in [0.05, 0.1) is 16.2 Å². The standard InChI is InChI=1S/C13H19N3O3/c1-3-10(8-14)7-13(17)15-11-5-4-6-12(9(11)2)16(18)19/h4-6,10H,3,7-8,14H2,1-2H3,(H,15,17). The second-order valence-corrected chi connectivity index (χ2v) is 4.47. The van der Waals surface area contributed by atoms with Crippen LogP contribution in [0, 0.1) is 23.0 Å². The number of nitrogens with one attached hydrogen (secondary N) is 1. The third-order valence-electron chi connectivity index (χ3n) is 3.16. The smallest absolute Gasteiger partial charge is 0.274 e. The number of hydrogen-bond donors (Lipinski definition) is 2. The number of amides is 1. The van der Waals surface area contributed by atoms with E-state index in [9.17, 15) is 14.9 Å². The van der Waals surface area contributed by atoms with Gasteiger partial charge in [-0.25, -0.2) is 0 Å². The normalized spacial score (nSPS) is 11.9. The Morgan fingerprint density at radius 3 is 2.74 bits per heavy atom. The van der Waals surface area contributed by atoms with E-state index in [0.717, 1.165) is 6.42 Å². The van der Waals surface area contributed by atoms with Crippen LogP contribution in [0.5, 0.6) is 0 Å². The lowest BCUT2D eigenvalue weighted by Gasteiger charge is -2.13. The summed E-state index contributed by atoms with van der Waals surface area (Å²) in [5.41, 5.74) is 6.49. The van der Waals surface area contributed by atoms with Crippen LogP contribution in [-0.2, 0) is 4.79 Å². The zero-order valence-corrected chi connectivity index (χ0v) is 11.2. The van der Waals surface area contributed by atoms with Crippen LogP contribution in [0.1, 0.15) is 25.3 Å². The second-order valence-electron chi connectivity index (χ2n) is 4.47. The van der Waals surface area contributed by atoms with Crippen LogP contribution in [0.4, 0.5) is 11.4 Å². The van der Waals surface area contributed by atoms with E-state index in [-0.39, 0.29) is 17.5 Å². The first-order valence-electron chi connectivity index (χ1n) is 6.23. The number of anilines is 1. The molecule has 104 valence electrons. The van der Waals surface area contributed by atoms with Crippen molar-refractivity contribution in [1.29, 1.82) is 0 Å². The van der Waals surface area contributed by atoms with Gasteiger partial charge in [-0.3, -0.25) is 14.9 Å². The molecule has 1 atom stereocenters. The fourth-order valence-corrected chi connectivity index (χ4v) is 1.81. The SMILES string of the molecule is CCC(CN)CC(=O)Nc1cccc([N+](=O)[O-])c1C. The third-order valence-corrected chi connectivity index (χ3v) is 3.16. The molecule has 0 aromatic heterocycles. The number of carbonyl (C=O) groups is 1. The van der Waals surface area contributed by atoms with Gasteiger partial charge >= 0.3 is 0 Å². The average molecular weight is 265 g/mol. The molecular formula is C13H19N3O3. The Hall–Kier alpha value is -1.95. The van der Waals surface area contributed by atoms with Gasteiger partial charge in [0.2, 0.25) is 5.91 Å². The summed E-state index contributed by atoms with van der Waals surface area (Å²) < 4.78 is 0. The van der Waals surface area contributed by atoms with Crippen molar-refractivity contribution in [3.63, 3.8) is 0 Å². The minimum absolute atomic E-state index is 0.00339. The molecule has 0 saturated heterocycles. The van der Waals surface area contributed by atoms with Crippen molar-refractivity contribution in [3.8, 4) is 0 Å². The largest absolute Gasteiger partial charge is 0.330 e. The van der Waals surface area contributed by atoms with Crippen LogP contribution in [-0.4, -0.2) is 17.4 Å². The number of rotatable bonds is 6. The van der Waals surface area contributed by atoms with E-state index in [1.165, 1.54) is 6.07 Å². The van der Waals surface area contributed by atoms with E-state index < -0.39 is 4.92 Å². The summed E-state index contributed by atoms with van der Waals surface area (Å²) >= 11 is 0. The van der Waals surface area contributed by atoms with Gasteiger partial charge in [0.15, 0.2) is 0 Å². The van der Waals surface area contributed by atoms with E-state index in [1.807, 2.05) is 6.92 Å². The van der Waals surface area contributed by atoms with Crippen LogP contribution in [0.2, 0.25) is 0 Å². The highest BCUT2D eigenvalue weighted by molar-refractivity contribution is 5.92. The van der Waals surface area contributed by atoms with Crippen LogP contribution >= 0.6 is 0 Å². The number of nitrogens with zero attached hydrogens (tertiary/aromatic N) is 1. The summed E-state index contributed by atoms with van der Waals surface area (Å²) in [6.07, 6.45) is 1.16. The summed E-state index contributed by atoms with van der Waals surface area (Å²) in [5.74, 6) is -0.0279. The highest BCUT2D eigenvalue weighted by Crippen LogP contribution is 2.25. The van der Waals surface area contributed by atoms with Crippen LogP contribution in [0.15, 0.2) is 18.2 Å². The zero-order valence-electron chi connectivity index (χ0n) is 11.2. The molecule has 0 heterocycles. The highest BCUT2D eigenvalue weighted by atomic mass is 16.6.